The van der Waals surface area contributed by atoms with E-state index < -0.39 is 6.10 Å². The van der Waals surface area contributed by atoms with Gasteiger partial charge in [0.1, 0.15) is 11.9 Å². The summed E-state index contributed by atoms with van der Waals surface area (Å²) in [4.78, 5) is 16.1. The smallest absolute Gasteiger partial charge is 0.252 e. The molecule has 2 heterocycles. The van der Waals surface area contributed by atoms with Gasteiger partial charge in [0.05, 0.1) is 19.8 Å². The van der Waals surface area contributed by atoms with Gasteiger partial charge in [-0.05, 0) is 30.4 Å². The quantitative estimate of drug-likeness (QED) is 0.825. The van der Waals surface area contributed by atoms with Crippen LogP contribution in [-0.2, 0) is 22.6 Å². The fourth-order valence-corrected chi connectivity index (χ4v) is 3.83. The first-order valence-electron chi connectivity index (χ1n) is 8.50. The number of hydrogen-bond acceptors (Lipinski definition) is 5. The van der Waals surface area contributed by atoms with E-state index in [9.17, 15) is 4.79 Å². The summed E-state index contributed by atoms with van der Waals surface area (Å²) in [5.41, 5.74) is 6.67. The molecule has 0 radical (unpaired) electrons. The molecule has 6 heteroatoms. The van der Waals surface area contributed by atoms with Crippen molar-refractivity contribution in [2.45, 2.75) is 38.1 Å². The third-order valence-corrected chi connectivity index (χ3v) is 5.30. The van der Waals surface area contributed by atoms with Crippen molar-refractivity contribution in [3.63, 3.8) is 0 Å². The molecule has 1 aromatic heterocycles. The molecule has 0 spiro atoms. The average molecular weight is 360 g/mol. The van der Waals surface area contributed by atoms with Crippen LogP contribution in [0.25, 0.3) is 0 Å². The molecule has 134 valence electrons. The van der Waals surface area contributed by atoms with Gasteiger partial charge < -0.3 is 20.1 Å². The van der Waals surface area contributed by atoms with Crippen molar-refractivity contribution in [1.82, 2.24) is 4.90 Å². The van der Waals surface area contributed by atoms with E-state index >= 15 is 0 Å². The van der Waals surface area contributed by atoms with Gasteiger partial charge in [0.2, 0.25) is 0 Å². The Morgan fingerprint density at radius 3 is 2.80 bits per heavy atom. The Kier molecular flexibility index (Phi) is 6.07. The largest absolute Gasteiger partial charge is 0.496 e. The summed E-state index contributed by atoms with van der Waals surface area (Å²) in [7, 11) is 1.65. The predicted molar refractivity (Wildman–Crippen MR) is 98.5 cm³/mol. The number of carbonyl (C=O) groups excluding carboxylic acids is 1. The normalized spacial score (nSPS) is 19.8. The molecule has 2 atom stereocenters. The van der Waals surface area contributed by atoms with Crippen LogP contribution in [-0.4, -0.2) is 36.7 Å². The van der Waals surface area contributed by atoms with Crippen LogP contribution in [0.15, 0.2) is 41.8 Å². The number of para-hydroxylation sites is 1. The minimum absolute atomic E-state index is 0.0104. The highest BCUT2D eigenvalue weighted by atomic mass is 32.1. The van der Waals surface area contributed by atoms with Crippen molar-refractivity contribution in [3.05, 3.63) is 52.2 Å². The second-order valence-corrected chi connectivity index (χ2v) is 7.18. The van der Waals surface area contributed by atoms with E-state index in [0.717, 1.165) is 29.0 Å². The fourth-order valence-electron chi connectivity index (χ4n) is 3.11. The Bertz CT molecular complexity index is 690. The Morgan fingerprint density at radius 1 is 1.28 bits per heavy atom. The van der Waals surface area contributed by atoms with E-state index in [1.165, 1.54) is 0 Å². The molecule has 1 aliphatic heterocycles. The third-order valence-electron chi connectivity index (χ3n) is 4.44. The highest BCUT2D eigenvalue weighted by Gasteiger charge is 2.33. The van der Waals surface area contributed by atoms with E-state index in [1.54, 1.807) is 18.4 Å². The van der Waals surface area contributed by atoms with Crippen LogP contribution >= 0.6 is 11.3 Å². The number of thiophene rings is 1. The Morgan fingerprint density at radius 2 is 2.12 bits per heavy atom. The second kappa shape index (κ2) is 8.47. The molecule has 1 aliphatic rings. The zero-order valence-electron chi connectivity index (χ0n) is 14.4. The minimum Gasteiger partial charge on any atom is -0.496 e. The van der Waals surface area contributed by atoms with Crippen molar-refractivity contribution >= 4 is 17.2 Å². The van der Waals surface area contributed by atoms with Gasteiger partial charge in [-0.25, -0.2) is 0 Å². The lowest BCUT2D eigenvalue weighted by atomic mass is 10.1. The van der Waals surface area contributed by atoms with Crippen LogP contribution in [0.4, 0.5) is 0 Å². The lowest BCUT2D eigenvalue weighted by Crippen LogP contribution is -2.38. The van der Waals surface area contributed by atoms with Gasteiger partial charge in [-0.1, -0.05) is 24.3 Å². The summed E-state index contributed by atoms with van der Waals surface area (Å²) in [5.74, 6) is 0.814. The number of nitrogens with zero attached hydrogens (tertiary/aromatic N) is 1. The maximum atomic E-state index is 13.1. The summed E-state index contributed by atoms with van der Waals surface area (Å²) in [5, 5.41) is 2.03. The van der Waals surface area contributed by atoms with E-state index in [-0.39, 0.29) is 12.0 Å². The van der Waals surface area contributed by atoms with Crippen molar-refractivity contribution in [2.24, 2.45) is 5.73 Å². The van der Waals surface area contributed by atoms with Gasteiger partial charge in [-0.2, -0.15) is 0 Å². The number of rotatable bonds is 7. The Balaban J connectivity index is 1.78. The van der Waals surface area contributed by atoms with Gasteiger partial charge >= 0.3 is 0 Å². The maximum Gasteiger partial charge on any atom is 0.252 e. The number of carbonyl (C=O) groups is 1. The molecule has 1 amide bonds. The first-order chi connectivity index (χ1) is 12.2. The number of ether oxygens (including phenoxy) is 2. The van der Waals surface area contributed by atoms with Crippen molar-refractivity contribution in [2.75, 3.05) is 13.7 Å². The molecular formula is C19H24N2O3S. The first-order valence-corrected chi connectivity index (χ1v) is 9.37. The van der Waals surface area contributed by atoms with Crippen LogP contribution < -0.4 is 10.5 Å². The molecule has 2 N–H and O–H groups in total. The van der Waals surface area contributed by atoms with Gasteiger partial charge in [0, 0.05) is 23.5 Å². The highest BCUT2D eigenvalue weighted by molar-refractivity contribution is 7.09. The number of benzene rings is 1. The molecule has 3 rings (SSSR count). The summed E-state index contributed by atoms with van der Waals surface area (Å²) >= 11 is 1.65. The predicted octanol–water partition coefficient (Wildman–Crippen LogP) is 2.79. The van der Waals surface area contributed by atoms with E-state index in [4.69, 9.17) is 15.2 Å². The molecule has 0 aliphatic carbocycles. The maximum absolute atomic E-state index is 13.1. The van der Waals surface area contributed by atoms with E-state index in [1.807, 2.05) is 46.7 Å². The lowest BCUT2D eigenvalue weighted by molar-refractivity contribution is -0.144. The molecule has 5 nitrogen and oxygen atoms in total. The summed E-state index contributed by atoms with van der Waals surface area (Å²) in [6.07, 6.45) is 1.16. The lowest BCUT2D eigenvalue weighted by Gasteiger charge is -2.26. The van der Waals surface area contributed by atoms with Gasteiger partial charge in [0.15, 0.2) is 0 Å². The van der Waals surface area contributed by atoms with Gasteiger partial charge in [-0.3, -0.25) is 4.79 Å². The van der Waals surface area contributed by atoms with Crippen LogP contribution in [0.5, 0.6) is 5.75 Å². The van der Waals surface area contributed by atoms with Crippen LogP contribution in [0.2, 0.25) is 0 Å². The second-order valence-electron chi connectivity index (χ2n) is 6.15. The van der Waals surface area contributed by atoms with Crippen molar-refractivity contribution < 1.29 is 14.3 Å². The first kappa shape index (κ1) is 17.9. The molecule has 1 fully saturated rings. The highest BCUT2D eigenvalue weighted by Crippen LogP contribution is 2.25. The summed E-state index contributed by atoms with van der Waals surface area (Å²) in [6.45, 7) is 1.52. The number of amides is 1. The molecule has 0 saturated carbocycles. The standard InChI is InChI=1S/C19H24N2O3S/c1-23-17-7-3-2-5-14(17)12-21(13-16-6-4-10-25-16)19(22)18-9-8-15(11-20)24-18/h2-7,10,15,18H,8-9,11-13,20H2,1H3/t15-,18+/m1/s1. The summed E-state index contributed by atoms with van der Waals surface area (Å²) < 4.78 is 11.3. The number of hydrogen-bond donors (Lipinski definition) is 1. The van der Waals surface area contributed by atoms with Crippen molar-refractivity contribution in [1.29, 1.82) is 0 Å². The fraction of sp³-hybridized carbons (Fsp3) is 0.421. The van der Waals surface area contributed by atoms with E-state index in [0.29, 0.717) is 19.6 Å². The molecule has 25 heavy (non-hydrogen) atoms. The van der Waals surface area contributed by atoms with Crippen LogP contribution in [0.1, 0.15) is 23.3 Å². The monoisotopic (exact) mass is 360 g/mol. The topological polar surface area (TPSA) is 64.8 Å². The zero-order chi connectivity index (χ0) is 17.6. The molecular weight excluding hydrogens is 336 g/mol. The Hall–Kier alpha value is -1.89. The van der Waals surface area contributed by atoms with Crippen LogP contribution in [0, 0.1) is 0 Å². The molecule has 2 aromatic rings. The Labute approximate surface area is 152 Å². The average Bonchev–Trinajstić information content (AvgIpc) is 3.32. The SMILES string of the molecule is COc1ccccc1CN(Cc1cccs1)C(=O)[C@@H]1CC[C@H](CN)O1. The summed E-state index contributed by atoms with van der Waals surface area (Å²) in [6, 6.07) is 11.8. The van der Waals surface area contributed by atoms with Gasteiger partial charge in [-0.15, -0.1) is 11.3 Å². The number of methoxy groups -OCH3 is 1. The minimum atomic E-state index is -0.400. The van der Waals surface area contributed by atoms with E-state index in [2.05, 4.69) is 0 Å². The van der Waals surface area contributed by atoms with Gasteiger partial charge in [0.25, 0.3) is 5.91 Å². The third kappa shape index (κ3) is 4.39. The zero-order valence-corrected chi connectivity index (χ0v) is 15.2. The van der Waals surface area contributed by atoms with Crippen molar-refractivity contribution in [3.8, 4) is 5.75 Å². The molecule has 0 bridgehead atoms. The molecule has 1 aromatic carbocycles. The molecule has 1 saturated heterocycles. The van der Waals surface area contributed by atoms with Crippen LogP contribution in [0.3, 0.4) is 0 Å². The molecule has 0 unspecified atom stereocenters. The number of nitrogens with two attached hydrogens (primary N) is 1.